The van der Waals surface area contributed by atoms with Crippen LogP contribution in [0.15, 0.2) is 39.0 Å². The minimum absolute atomic E-state index is 0.0183. The second-order valence-corrected chi connectivity index (χ2v) is 9.45. The van der Waals surface area contributed by atoms with Gasteiger partial charge in [0.25, 0.3) is 0 Å². The van der Waals surface area contributed by atoms with E-state index in [0.717, 1.165) is 8.66 Å². The zero-order chi connectivity index (χ0) is 14.9. The molecule has 0 amide bonds. The van der Waals surface area contributed by atoms with Crippen LogP contribution in [0.2, 0.25) is 10.0 Å². The summed E-state index contributed by atoms with van der Waals surface area (Å²) in [7, 11) is -2.16. The average Bonchev–Trinajstić information content (AvgIpc) is 2.77. The normalized spacial score (nSPS) is 12.1. The molecule has 0 radical (unpaired) electrons. The molecule has 0 aliphatic rings. The van der Waals surface area contributed by atoms with Gasteiger partial charge in [-0.2, -0.15) is 4.31 Å². The van der Waals surface area contributed by atoms with Gasteiger partial charge >= 0.3 is 0 Å². The molecule has 8 heteroatoms. The van der Waals surface area contributed by atoms with Gasteiger partial charge in [0.05, 0.1) is 8.81 Å². The van der Waals surface area contributed by atoms with Crippen molar-refractivity contribution in [2.75, 3.05) is 7.05 Å². The number of rotatable bonds is 4. The number of thiophene rings is 1. The highest BCUT2D eigenvalue weighted by molar-refractivity contribution is 9.11. The van der Waals surface area contributed by atoms with Crippen LogP contribution in [0.3, 0.4) is 0 Å². The molecule has 1 aromatic carbocycles. The molecule has 0 saturated heterocycles. The highest BCUT2D eigenvalue weighted by atomic mass is 79.9. The maximum Gasteiger partial charge on any atom is 0.244 e. The summed E-state index contributed by atoms with van der Waals surface area (Å²) in [5.74, 6) is 0. The Hall–Kier alpha value is -0.110. The molecule has 1 aromatic heterocycles. The smallest absolute Gasteiger partial charge is 0.207 e. The van der Waals surface area contributed by atoms with E-state index in [1.807, 2.05) is 12.1 Å². The molecule has 0 aliphatic heterocycles. The van der Waals surface area contributed by atoms with Crippen LogP contribution in [0, 0.1) is 0 Å². The van der Waals surface area contributed by atoms with Crippen molar-refractivity contribution in [1.82, 2.24) is 4.31 Å². The highest BCUT2D eigenvalue weighted by Gasteiger charge is 2.24. The molecule has 0 atom stereocenters. The van der Waals surface area contributed by atoms with Gasteiger partial charge in [-0.3, -0.25) is 0 Å². The summed E-state index contributed by atoms with van der Waals surface area (Å²) in [4.78, 5) is 0.950. The van der Waals surface area contributed by atoms with Gasteiger partial charge in [0.1, 0.15) is 4.90 Å². The van der Waals surface area contributed by atoms with Crippen molar-refractivity contribution in [1.29, 1.82) is 0 Å². The zero-order valence-corrected chi connectivity index (χ0v) is 15.0. The van der Waals surface area contributed by atoms with Gasteiger partial charge in [-0.25, -0.2) is 8.42 Å². The molecule has 2 aromatic rings. The zero-order valence-electron chi connectivity index (χ0n) is 10.3. The lowest BCUT2D eigenvalue weighted by Crippen LogP contribution is -2.26. The Labute approximate surface area is 140 Å². The van der Waals surface area contributed by atoms with Crippen LogP contribution in [0.5, 0.6) is 0 Å². The van der Waals surface area contributed by atoms with E-state index >= 15 is 0 Å². The van der Waals surface area contributed by atoms with Crippen molar-refractivity contribution in [2.45, 2.75) is 11.4 Å². The second kappa shape index (κ2) is 6.34. The molecule has 0 bridgehead atoms. The maximum absolute atomic E-state index is 12.5. The summed E-state index contributed by atoms with van der Waals surface area (Å²) in [6.45, 7) is 0.279. The Balaban J connectivity index is 2.32. The molecule has 20 heavy (non-hydrogen) atoms. The number of hydrogen-bond donors (Lipinski definition) is 0. The molecule has 0 fully saturated rings. The molecular formula is C12H10BrCl2NO2S2. The van der Waals surface area contributed by atoms with E-state index in [4.69, 9.17) is 23.2 Å². The second-order valence-electron chi connectivity index (χ2n) is 4.04. The topological polar surface area (TPSA) is 37.4 Å². The van der Waals surface area contributed by atoms with E-state index in [1.165, 1.54) is 34.8 Å². The predicted molar refractivity (Wildman–Crippen MR) is 87.1 cm³/mol. The number of benzene rings is 1. The third kappa shape index (κ3) is 3.55. The maximum atomic E-state index is 12.5. The third-order valence-electron chi connectivity index (χ3n) is 2.59. The SMILES string of the molecule is CN(Cc1ccc(Br)s1)S(=O)(=O)c1cc(Cl)ccc1Cl. The van der Waals surface area contributed by atoms with E-state index in [2.05, 4.69) is 15.9 Å². The van der Waals surface area contributed by atoms with Crippen LogP contribution >= 0.6 is 50.5 Å². The Morgan fingerprint density at radius 3 is 2.55 bits per heavy atom. The fourth-order valence-electron chi connectivity index (χ4n) is 1.58. The van der Waals surface area contributed by atoms with Crippen molar-refractivity contribution < 1.29 is 8.42 Å². The largest absolute Gasteiger partial charge is 0.244 e. The van der Waals surface area contributed by atoms with Gasteiger partial charge in [0, 0.05) is 23.5 Å². The Kier molecular flexibility index (Phi) is 5.15. The summed E-state index contributed by atoms with van der Waals surface area (Å²) in [6.07, 6.45) is 0. The van der Waals surface area contributed by atoms with Crippen LogP contribution in [-0.2, 0) is 16.6 Å². The van der Waals surface area contributed by atoms with Gasteiger partial charge in [0.2, 0.25) is 10.0 Å². The average molecular weight is 415 g/mol. The lowest BCUT2D eigenvalue weighted by atomic mass is 10.4. The van der Waals surface area contributed by atoms with Crippen LogP contribution < -0.4 is 0 Å². The molecule has 0 spiro atoms. The standard InChI is InChI=1S/C12H10BrCl2NO2S2/c1-16(7-9-3-5-12(13)19-9)20(17,18)11-6-8(14)2-4-10(11)15/h2-6H,7H2,1H3. The molecule has 0 unspecified atom stereocenters. The van der Waals surface area contributed by atoms with E-state index in [0.29, 0.717) is 5.02 Å². The first-order chi connectivity index (χ1) is 9.30. The number of halogens is 3. The lowest BCUT2D eigenvalue weighted by Gasteiger charge is -2.17. The van der Waals surface area contributed by atoms with Gasteiger partial charge in [0.15, 0.2) is 0 Å². The fourth-order valence-corrected chi connectivity index (χ4v) is 5.08. The molecule has 0 aliphatic carbocycles. The predicted octanol–water partition coefficient (Wildman–Crippen LogP) is 4.64. The van der Waals surface area contributed by atoms with Crippen molar-refractivity contribution in [3.63, 3.8) is 0 Å². The van der Waals surface area contributed by atoms with Crippen molar-refractivity contribution >= 4 is 60.5 Å². The molecule has 0 N–H and O–H groups in total. The van der Waals surface area contributed by atoms with Crippen LogP contribution in [0.1, 0.15) is 4.88 Å². The van der Waals surface area contributed by atoms with Gasteiger partial charge in [-0.05, 0) is 46.3 Å². The number of sulfonamides is 1. The summed E-state index contributed by atoms with van der Waals surface area (Å²) in [5, 5.41) is 0.494. The van der Waals surface area contributed by atoms with Crippen LogP contribution in [-0.4, -0.2) is 19.8 Å². The van der Waals surface area contributed by atoms with Gasteiger partial charge in [-0.15, -0.1) is 11.3 Å². The van der Waals surface area contributed by atoms with Crippen LogP contribution in [0.25, 0.3) is 0 Å². The molecule has 1 heterocycles. The van der Waals surface area contributed by atoms with Crippen LogP contribution in [0.4, 0.5) is 0 Å². The first-order valence-electron chi connectivity index (χ1n) is 5.46. The minimum atomic E-state index is -3.67. The Morgan fingerprint density at radius 1 is 1.25 bits per heavy atom. The van der Waals surface area contributed by atoms with Gasteiger partial charge < -0.3 is 0 Å². The third-order valence-corrected chi connectivity index (χ3v) is 6.72. The van der Waals surface area contributed by atoms with Crippen molar-refractivity contribution in [3.8, 4) is 0 Å². The monoisotopic (exact) mass is 413 g/mol. The van der Waals surface area contributed by atoms with E-state index in [1.54, 1.807) is 6.07 Å². The number of hydrogen-bond acceptors (Lipinski definition) is 3. The summed E-state index contributed by atoms with van der Waals surface area (Å²) >= 11 is 16.6. The molecule has 3 nitrogen and oxygen atoms in total. The fraction of sp³-hybridized carbons (Fsp3) is 0.167. The Bertz CT molecular complexity index is 731. The molecule has 2 rings (SSSR count). The van der Waals surface area contributed by atoms with Crippen molar-refractivity contribution in [2.24, 2.45) is 0 Å². The molecule has 108 valence electrons. The highest BCUT2D eigenvalue weighted by Crippen LogP contribution is 2.29. The molecule has 0 saturated carbocycles. The first-order valence-corrected chi connectivity index (χ1v) is 9.27. The minimum Gasteiger partial charge on any atom is -0.207 e. The summed E-state index contributed by atoms with van der Waals surface area (Å²) < 4.78 is 27.2. The quantitative estimate of drug-likeness (QED) is 0.730. The lowest BCUT2D eigenvalue weighted by molar-refractivity contribution is 0.469. The molecular weight excluding hydrogens is 405 g/mol. The van der Waals surface area contributed by atoms with Crippen molar-refractivity contribution in [3.05, 3.63) is 49.0 Å². The first kappa shape index (κ1) is 16.3. The summed E-state index contributed by atoms with van der Waals surface area (Å²) in [5.41, 5.74) is 0. The van der Waals surface area contributed by atoms with Gasteiger partial charge in [-0.1, -0.05) is 23.2 Å². The number of nitrogens with zero attached hydrogens (tertiary/aromatic N) is 1. The van der Waals surface area contributed by atoms with E-state index in [-0.39, 0.29) is 16.5 Å². The Morgan fingerprint density at radius 2 is 1.95 bits per heavy atom. The van der Waals surface area contributed by atoms with E-state index in [9.17, 15) is 8.42 Å². The van der Waals surface area contributed by atoms with E-state index < -0.39 is 10.0 Å². The summed E-state index contributed by atoms with van der Waals surface area (Å²) in [6, 6.07) is 8.15.